The zero-order chi connectivity index (χ0) is 25.4. The highest BCUT2D eigenvalue weighted by molar-refractivity contribution is 7.20. The van der Waals surface area contributed by atoms with Crippen molar-refractivity contribution in [2.24, 2.45) is 0 Å². The molecule has 0 spiro atoms. The predicted octanol–water partition coefficient (Wildman–Crippen LogP) is 3.11. The van der Waals surface area contributed by atoms with E-state index in [1.54, 1.807) is 12.1 Å². The van der Waals surface area contributed by atoms with E-state index in [9.17, 15) is 14.7 Å². The van der Waals surface area contributed by atoms with Crippen molar-refractivity contribution in [3.63, 3.8) is 0 Å². The highest BCUT2D eigenvalue weighted by atomic mass is 35.5. The molecule has 1 saturated carbocycles. The molecule has 0 saturated heterocycles. The molecule has 0 aliphatic heterocycles. The number of anilines is 1. The van der Waals surface area contributed by atoms with Crippen LogP contribution in [0.25, 0.3) is 16.1 Å². The van der Waals surface area contributed by atoms with E-state index in [1.807, 2.05) is 6.92 Å². The number of halogens is 1. The van der Waals surface area contributed by atoms with Crippen molar-refractivity contribution in [3.05, 3.63) is 52.8 Å². The van der Waals surface area contributed by atoms with Crippen molar-refractivity contribution in [2.45, 2.75) is 38.3 Å². The van der Waals surface area contributed by atoms with E-state index in [0.29, 0.717) is 44.6 Å². The molecule has 11 nitrogen and oxygen atoms in total. The van der Waals surface area contributed by atoms with Crippen LogP contribution >= 0.6 is 22.9 Å². The molecule has 186 valence electrons. The van der Waals surface area contributed by atoms with Gasteiger partial charge in [0.1, 0.15) is 16.6 Å². The summed E-state index contributed by atoms with van der Waals surface area (Å²) in [5.41, 5.74) is 2.38. The van der Waals surface area contributed by atoms with Crippen LogP contribution < -0.4 is 15.4 Å². The fourth-order valence-electron chi connectivity index (χ4n) is 4.13. The summed E-state index contributed by atoms with van der Waals surface area (Å²) in [6, 6.07) is 3.12. The van der Waals surface area contributed by atoms with E-state index in [0.717, 1.165) is 24.2 Å². The maximum Gasteiger partial charge on any atom is 0.271 e. The van der Waals surface area contributed by atoms with E-state index in [4.69, 9.17) is 16.3 Å². The average Bonchev–Trinajstić information content (AvgIpc) is 3.54. The van der Waals surface area contributed by atoms with Crippen LogP contribution in [0, 0.1) is 6.92 Å². The van der Waals surface area contributed by atoms with Gasteiger partial charge in [0.05, 0.1) is 37.2 Å². The van der Waals surface area contributed by atoms with Crippen LogP contribution in [0.5, 0.6) is 5.75 Å². The number of aryl methyl sites for hydroxylation is 1. The minimum absolute atomic E-state index is 0.192. The van der Waals surface area contributed by atoms with Crippen LogP contribution in [-0.2, 0) is 0 Å². The third kappa shape index (κ3) is 4.74. The van der Waals surface area contributed by atoms with Crippen LogP contribution in [0.1, 0.15) is 45.8 Å². The zero-order valence-electron chi connectivity index (χ0n) is 19.4. The summed E-state index contributed by atoms with van der Waals surface area (Å²) in [5.74, 6) is -0.343. The number of amides is 2. The number of ether oxygens (including phenoxy) is 1. The molecule has 1 fully saturated rings. The molecule has 2 atom stereocenters. The maximum absolute atomic E-state index is 13.2. The number of imidazole rings is 1. The van der Waals surface area contributed by atoms with Gasteiger partial charge in [0.15, 0.2) is 0 Å². The molecule has 4 aromatic heterocycles. The number of aliphatic hydroxyl groups is 1. The lowest BCUT2D eigenvalue weighted by molar-refractivity contribution is 0.0868. The highest BCUT2D eigenvalue weighted by Crippen LogP contribution is 2.34. The summed E-state index contributed by atoms with van der Waals surface area (Å²) in [6.07, 6.45) is 6.19. The molecule has 0 unspecified atom stereocenters. The molecule has 4 aromatic rings. The van der Waals surface area contributed by atoms with Crippen LogP contribution in [0.4, 0.5) is 5.13 Å². The number of carbonyl (C=O) groups is 2. The summed E-state index contributed by atoms with van der Waals surface area (Å²) in [5, 5.41) is 20.4. The Labute approximate surface area is 214 Å². The Balaban J connectivity index is 1.37. The molecule has 4 heterocycles. The van der Waals surface area contributed by atoms with Crippen LogP contribution in [0.2, 0.25) is 5.15 Å². The normalized spacial score (nSPS) is 17.3. The second kappa shape index (κ2) is 9.80. The Kier molecular flexibility index (Phi) is 6.56. The summed E-state index contributed by atoms with van der Waals surface area (Å²) >= 11 is 7.23. The molecule has 1 aliphatic carbocycles. The third-order valence-corrected chi connectivity index (χ3v) is 6.97. The predicted molar refractivity (Wildman–Crippen MR) is 134 cm³/mol. The fourth-order valence-corrected chi connectivity index (χ4v) is 5.06. The molecular formula is C23H22ClN7O4S. The first-order valence-corrected chi connectivity index (χ1v) is 12.3. The molecule has 13 heteroatoms. The standard InChI is InChI=1S/C23H22ClN7O4S/c1-11-6-12(13-7-19(24)26-9-18(13)35-2)14(8-25-11)20(33)29-22-30-31-10-16(28-23(31)36-22)21(34)27-15-4-3-5-17(15)32/h6-10,15,17,32H,3-5H2,1-2H3,(H,27,34)(H,29,30,33)/t15-,17+/m1/s1. The number of methoxy groups -OCH3 is 1. The van der Waals surface area contributed by atoms with Gasteiger partial charge in [-0.25, -0.2) is 14.5 Å². The van der Waals surface area contributed by atoms with Gasteiger partial charge in [-0.15, -0.1) is 5.10 Å². The van der Waals surface area contributed by atoms with Gasteiger partial charge in [0.25, 0.3) is 11.8 Å². The van der Waals surface area contributed by atoms with Crippen LogP contribution in [0.15, 0.2) is 30.7 Å². The smallest absolute Gasteiger partial charge is 0.271 e. The van der Waals surface area contributed by atoms with E-state index < -0.39 is 12.0 Å². The van der Waals surface area contributed by atoms with Gasteiger partial charge >= 0.3 is 0 Å². The van der Waals surface area contributed by atoms with Crippen LogP contribution in [-0.4, -0.2) is 60.7 Å². The quantitative estimate of drug-likeness (QED) is 0.324. The molecule has 3 N–H and O–H groups in total. The second-order valence-electron chi connectivity index (χ2n) is 8.37. The summed E-state index contributed by atoms with van der Waals surface area (Å²) in [6.45, 7) is 1.82. The second-order valence-corrected chi connectivity index (χ2v) is 9.71. The Hall–Kier alpha value is -3.61. The van der Waals surface area contributed by atoms with Crippen molar-refractivity contribution >= 4 is 44.8 Å². The first-order valence-electron chi connectivity index (χ1n) is 11.2. The van der Waals surface area contributed by atoms with Crippen LogP contribution in [0.3, 0.4) is 0 Å². The summed E-state index contributed by atoms with van der Waals surface area (Å²) in [4.78, 5) is 38.8. The number of rotatable bonds is 6. The van der Waals surface area contributed by atoms with Gasteiger partial charge in [-0.3, -0.25) is 19.9 Å². The van der Waals surface area contributed by atoms with Gasteiger partial charge in [-0.2, -0.15) is 0 Å². The minimum atomic E-state index is -0.540. The SMILES string of the molecule is COc1cnc(Cl)cc1-c1cc(C)ncc1C(=O)Nc1nn2cc(C(=O)N[C@@H]3CCC[C@@H]3O)nc2s1. The van der Waals surface area contributed by atoms with Crippen molar-refractivity contribution in [1.29, 1.82) is 0 Å². The lowest BCUT2D eigenvalue weighted by Gasteiger charge is -2.15. The first kappa shape index (κ1) is 24.1. The van der Waals surface area contributed by atoms with E-state index in [2.05, 4.69) is 30.7 Å². The fraction of sp³-hybridized carbons (Fsp3) is 0.304. The largest absolute Gasteiger partial charge is 0.494 e. The van der Waals surface area contributed by atoms with Crippen molar-refractivity contribution in [2.75, 3.05) is 12.4 Å². The van der Waals surface area contributed by atoms with Gasteiger partial charge < -0.3 is 15.2 Å². The number of nitrogens with one attached hydrogen (secondary N) is 2. The Bertz CT molecular complexity index is 1440. The molecule has 0 aromatic carbocycles. The summed E-state index contributed by atoms with van der Waals surface area (Å²) < 4.78 is 6.84. The lowest BCUT2D eigenvalue weighted by atomic mass is 10.0. The lowest BCUT2D eigenvalue weighted by Crippen LogP contribution is -2.39. The Morgan fingerprint density at radius 3 is 2.75 bits per heavy atom. The first-order chi connectivity index (χ1) is 17.3. The third-order valence-electron chi connectivity index (χ3n) is 5.92. The average molecular weight is 528 g/mol. The van der Waals surface area contributed by atoms with E-state index in [1.165, 1.54) is 30.2 Å². The number of hydrogen-bond donors (Lipinski definition) is 3. The number of pyridine rings is 2. The Morgan fingerprint density at radius 2 is 2.03 bits per heavy atom. The Morgan fingerprint density at radius 1 is 1.19 bits per heavy atom. The highest BCUT2D eigenvalue weighted by Gasteiger charge is 2.28. The molecular weight excluding hydrogens is 506 g/mol. The number of nitrogens with zero attached hydrogens (tertiary/aromatic N) is 5. The maximum atomic E-state index is 13.2. The monoisotopic (exact) mass is 527 g/mol. The zero-order valence-corrected chi connectivity index (χ0v) is 20.9. The van der Waals surface area contributed by atoms with E-state index in [-0.39, 0.29) is 22.8 Å². The number of carbonyl (C=O) groups excluding carboxylic acids is 2. The molecule has 2 amide bonds. The molecule has 1 aliphatic rings. The molecule has 0 radical (unpaired) electrons. The van der Waals surface area contributed by atoms with Gasteiger partial charge in [0.2, 0.25) is 10.1 Å². The molecule has 5 rings (SSSR count). The minimum Gasteiger partial charge on any atom is -0.494 e. The number of fused-ring (bicyclic) bond motifs is 1. The number of aromatic nitrogens is 5. The van der Waals surface area contributed by atoms with Crippen molar-refractivity contribution in [3.8, 4) is 16.9 Å². The summed E-state index contributed by atoms with van der Waals surface area (Å²) in [7, 11) is 1.51. The number of hydrogen-bond acceptors (Lipinski definition) is 9. The molecule has 36 heavy (non-hydrogen) atoms. The van der Waals surface area contributed by atoms with Gasteiger partial charge in [-0.1, -0.05) is 22.9 Å². The van der Waals surface area contributed by atoms with Crippen molar-refractivity contribution in [1.82, 2.24) is 29.9 Å². The van der Waals surface area contributed by atoms with Crippen molar-refractivity contribution < 1.29 is 19.4 Å². The molecule has 0 bridgehead atoms. The topological polar surface area (TPSA) is 144 Å². The van der Waals surface area contributed by atoms with Gasteiger partial charge in [-0.05, 0) is 38.3 Å². The number of aliphatic hydroxyl groups excluding tert-OH is 1. The van der Waals surface area contributed by atoms with E-state index >= 15 is 0 Å². The van der Waals surface area contributed by atoms with Gasteiger partial charge in [0, 0.05) is 23.0 Å².